The van der Waals surface area contributed by atoms with Gasteiger partial charge in [-0.05, 0) is 37.6 Å². The van der Waals surface area contributed by atoms with E-state index in [-0.39, 0.29) is 11.8 Å². The Morgan fingerprint density at radius 1 is 1.30 bits per heavy atom. The van der Waals surface area contributed by atoms with Gasteiger partial charge in [-0.3, -0.25) is 4.79 Å². The number of nitrogens with zero attached hydrogens (tertiary/aromatic N) is 4. The first kappa shape index (κ1) is 17.5. The van der Waals surface area contributed by atoms with Gasteiger partial charge in [0.1, 0.15) is 5.69 Å². The van der Waals surface area contributed by atoms with Crippen molar-refractivity contribution in [2.24, 2.45) is 5.92 Å². The van der Waals surface area contributed by atoms with Gasteiger partial charge in [0.15, 0.2) is 5.82 Å². The van der Waals surface area contributed by atoms with Gasteiger partial charge in [-0.1, -0.05) is 28.9 Å². The quantitative estimate of drug-likeness (QED) is 0.741. The first-order valence-corrected chi connectivity index (χ1v) is 9.05. The lowest BCUT2D eigenvalue weighted by Crippen LogP contribution is -2.27. The fourth-order valence-corrected chi connectivity index (χ4v) is 3.40. The summed E-state index contributed by atoms with van der Waals surface area (Å²) >= 11 is 6.26. The fraction of sp³-hybridized carbons (Fsp3) is 0.263. The molecule has 0 bridgehead atoms. The second-order valence-corrected chi connectivity index (χ2v) is 6.86. The first-order valence-electron chi connectivity index (χ1n) is 8.67. The number of para-hydroxylation sites is 1. The maximum Gasteiger partial charge on any atom is 0.276 e. The van der Waals surface area contributed by atoms with Crippen molar-refractivity contribution in [2.75, 3.05) is 23.3 Å². The number of hydrogen-bond acceptors (Lipinski definition) is 6. The van der Waals surface area contributed by atoms with Crippen LogP contribution in [0.25, 0.3) is 11.6 Å². The maximum absolute atomic E-state index is 12.6. The van der Waals surface area contributed by atoms with Gasteiger partial charge >= 0.3 is 0 Å². The Kier molecular flexibility index (Phi) is 4.77. The number of aromatic nitrogens is 3. The van der Waals surface area contributed by atoms with E-state index >= 15 is 0 Å². The monoisotopic (exact) mass is 383 g/mol. The Hall–Kier alpha value is -2.93. The second-order valence-electron chi connectivity index (χ2n) is 6.45. The summed E-state index contributed by atoms with van der Waals surface area (Å²) < 4.78 is 5.09. The van der Waals surface area contributed by atoms with Crippen LogP contribution in [0.15, 0.2) is 47.1 Å². The molecule has 1 amide bonds. The van der Waals surface area contributed by atoms with Crippen molar-refractivity contribution in [1.82, 2.24) is 15.1 Å². The van der Waals surface area contributed by atoms with E-state index in [1.165, 1.54) is 0 Å². The average Bonchev–Trinajstić information content (AvgIpc) is 3.32. The third-order valence-electron chi connectivity index (χ3n) is 4.53. The molecule has 1 aliphatic heterocycles. The summed E-state index contributed by atoms with van der Waals surface area (Å²) in [5.74, 6) is 0.789. The van der Waals surface area contributed by atoms with Crippen molar-refractivity contribution in [1.29, 1.82) is 0 Å². The Bertz CT molecular complexity index is 957. The average molecular weight is 384 g/mol. The van der Waals surface area contributed by atoms with E-state index < -0.39 is 0 Å². The van der Waals surface area contributed by atoms with Gasteiger partial charge in [0.2, 0.25) is 5.91 Å². The summed E-state index contributed by atoms with van der Waals surface area (Å²) in [6.07, 6.45) is 2.37. The number of amides is 1. The van der Waals surface area contributed by atoms with Crippen molar-refractivity contribution in [3.05, 3.63) is 53.4 Å². The number of aryl methyl sites for hydroxylation is 1. The van der Waals surface area contributed by atoms with Crippen LogP contribution in [0, 0.1) is 12.8 Å². The number of rotatable bonds is 4. The highest BCUT2D eigenvalue weighted by Crippen LogP contribution is 2.30. The molecule has 1 unspecified atom stereocenters. The number of pyridine rings is 1. The molecule has 0 spiro atoms. The first-order chi connectivity index (χ1) is 13.1. The minimum absolute atomic E-state index is 0.0206. The van der Waals surface area contributed by atoms with Gasteiger partial charge in [-0.2, -0.15) is 4.98 Å². The molecule has 1 atom stereocenters. The van der Waals surface area contributed by atoms with Gasteiger partial charge in [-0.25, -0.2) is 4.98 Å². The van der Waals surface area contributed by atoms with Crippen LogP contribution in [0.2, 0.25) is 5.02 Å². The molecule has 138 valence electrons. The third-order valence-corrected chi connectivity index (χ3v) is 4.85. The molecule has 0 aliphatic carbocycles. The minimum Gasteiger partial charge on any atom is -0.370 e. The number of anilines is 2. The van der Waals surface area contributed by atoms with E-state index in [1.807, 2.05) is 24.3 Å². The van der Waals surface area contributed by atoms with Crippen molar-refractivity contribution in [2.45, 2.75) is 13.3 Å². The Labute approximate surface area is 161 Å². The third kappa shape index (κ3) is 3.78. The summed E-state index contributed by atoms with van der Waals surface area (Å²) in [6, 6.07) is 11.2. The smallest absolute Gasteiger partial charge is 0.276 e. The number of halogens is 1. The van der Waals surface area contributed by atoms with Gasteiger partial charge in [0.25, 0.3) is 5.89 Å². The largest absolute Gasteiger partial charge is 0.370 e. The molecule has 1 aromatic carbocycles. The lowest BCUT2D eigenvalue weighted by Gasteiger charge is -2.19. The van der Waals surface area contributed by atoms with Crippen LogP contribution < -0.4 is 10.2 Å². The molecule has 0 saturated carbocycles. The summed E-state index contributed by atoms with van der Waals surface area (Å²) in [5.41, 5.74) is 2.17. The Balaban J connectivity index is 1.39. The highest BCUT2D eigenvalue weighted by atomic mass is 35.5. The van der Waals surface area contributed by atoms with Crippen molar-refractivity contribution < 1.29 is 9.32 Å². The molecule has 27 heavy (non-hydrogen) atoms. The molecule has 2 aromatic heterocycles. The van der Waals surface area contributed by atoms with Crippen molar-refractivity contribution in [3.63, 3.8) is 0 Å². The predicted molar refractivity (Wildman–Crippen MR) is 103 cm³/mol. The molecular formula is C19H18ClN5O2. The normalized spacial score (nSPS) is 16.5. The number of carbonyl (C=O) groups excluding carboxylic acids is 1. The zero-order chi connectivity index (χ0) is 18.8. The molecule has 3 aromatic rings. The van der Waals surface area contributed by atoms with Crippen molar-refractivity contribution >= 4 is 28.9 Å². The summed E-state index contributed by atoms with van der Waals surface area (Å²) in [5, 5.41) is 7.37. The zero-order valence-corrected chi connectivity index (χ0v) is 15.5. The number of hydrogen-bond donors (Lipinski definition) is 1. The predicted octanol–water partition coefficient (Wildman–Crippen LogP) is 3.56. The summed E-state index contributed by atoms with van der Waals surface area (Å²) in [7, 11) is 0. The Morgan fingerprint density at radius 2 is 2.15 bits per heavy atom. The SMILES string of the molecule is Cc1noc(-c2ccc(NC(=O)C3CCN(c4ccccc4Cl)C3)cn2)n1. The van der Waals surface area contributed by atoms with Crippen LogP contribution in [0.5, 0.6) is 0 Å². The minimum atomic E-state index is -0.0976. The van der Waals surface area contributed by atoms with Gasteiger partial charge in [0.05, 0.1) is 28.5 Å². The topological polar surface area (TPSA) is 84.2 Å². The second kappa shape index (κ2) is 7.36. The highest BCUT2D eigenvalue weighted by Gasteiger charge is 2.29. The molecule has 1 aliphatic rings. The number of benzene rings is 1. The lowest BCUT2D eigenvalue weighted by molar-refractivity contribution is -0.119. The van der Waals surface area contributed by atoms with Crippen LogP contribution in [-0.4, -0.2) is 34.1 Å². The van der Waals surface area contributed by atoms with E-state index in [0.29, 0.717) is 34.7 Å². The highest BCUT2D eigenvalue weighted by molar-refractivity contribution is 6.33. The molecule has 1 N–H and O–H groups in total. The standard InChI is InChI=1S/C19H18ClN5O2/c1-12-22-19(27-24-12)16-7-6-14(10-21-16)23-18(26)13-8-9-25(11-13)17-5-3-2-4-15(17)20/h2-7,10,13H,8-9,11H2,1H3,(H,23,26). The van der Waals surface area contributed by atoms with E-state index in [9.17, 15) is 4.79 Å². The van der Waals surface area contributed by atoms with E-state index in [4.69, 9.17) is 16.1 Å². The van der Waals surface area contributed by atoms with E-state index in [1.54, 1.807) is 25.3 Å². The van der Waals surface area contributed by atoms with Crippen LogP contribution in [0.3, 0.4) is 0 Å². The molecule has 8 heteroatoms. The molecule has 1 fully saturated rings. The summed E-state index contributed by atoms with van der Waals surface area (Å²) in [4.78, 5) is 23.2. The number of carbonyl (C=O) groups is 1. The zero-order valence-electron chi connectivity index (χ0n) is 14.7. The van der Waals surface area contributed by atoms with Crippen LogP contribution in [0.1, 0.15) is 12.2 Å². The van der Waals surface area contributed by atoms with Crippen LogP contribution in [0.4, 0.5) is 11.4 Å². The van der Waals surface area contributed by atoms with E-state index in [0.717, 1.165) is 18.7 Å². The van der Waals surface area contributed by atoms with Crippen molar-refractivity contribution in [3.8, 4) is 11.6 Å². The van der Waals surface area contributed by atoms with Crippen LogP contribution in [-0.2, 0) is 4.79 Å². The Morgan fingerprint density at radius 3 is 2.85 bits per heavy atom. The molecule has 7 nitrogen and oxygen atoms in total. The van der Waals surface area contributed by atoms with Gasteiger partial charge in [-0.15, -0.1) is 0 Å². The van der Waals surface area contributed by atoms with Gasteiger partial charge < -0.3 is 14.7 Å². The molecule has 4 rings (SSSR count). The molecule has 1 saturated heterocycles. The molecular weight excluding hydrogens is 366 g/mol. The maximum atomic E-state index is 12.6. The lowest BCUT2D eigenvalue weighted by atomic mass is 10.1. The fourth-order valence-electron chi connectivity index (χ4n) is 3.14. The summed E-state index contributed by atoms with van der Waals surface area (Å²) in [6.45, 7) is 3.19. The molecule has 0 radical (unpaired) electrons. The van der Waals surface area contributed by atoms with Gasteiger partial charge in [0, 0.05) is 13.1 Å². The molecule has 3 heterocycles. The van der Waals surface area contributed by atoms with Crippen LogP contribution >= 0.6 is 11.6 Å². The van der Waals surface area contributed by atoms with E-state index in [2.05, 4.69) is 25.3 Å². The number of nitrogens with one attached hydrogen (secondary N) is 1.